The van der Waals surface area contributed by atoms with Crippen LogP contribution < -0.4 is 10.1 Å². The number of ether oxygens (including phenoxy) is 1. The van der Waals surface area contributed by atoms with Gasteiger partial charge in [0.1, 0.15) is 5.75 Å². The maximum absolute atomic E-state index is 6.09. The molecule has 0 unspecified atom stereocenters. The first-order valence-electron chi connectivity index (χ1n) is 8.04. The standard InChI is InChI=1S/C19H22BrNO/c20-16-9-10-19(18(14-16)15-6-2-1-3-7-15)22-13-11-17-8-4-5-12-21-17/h1-3,6-7,9-10,14,17,21H,4-5,8,11-13H2/t17-/m0/s1. The van der Waals surface area contributed by atoms with Gasteiger partial charge in [0.15, 0.2) is 0 Å². The van der Waals surface area contributed by atoms with Crippen molar-refractivity contribution in [3.05, 3.63) is 53.0 Å². The van der Waals surface area contributed by atoms with Gasteiger partial charge in [-0.15, -0.1) is 0 Å². The van der Waals surface area contributed by atoms with Gasteiger partial charge in [-0.25, -0.2) is 0 Å². The average molecular weight is 360 g/mol. The van der Waals surface area contributed by atoms with Crippen LogP contribution in [-0.2, 0) is 0 Å². The van der Waals surface area contributed by atoms with Crippen LogP contribution in [0.4, 0.5) is 0 Å². The molecule has 22 heavy (non-hydrogen) atoms. The topological polar surface area (TPSA) is 21.3 Å². The normalized spacial score (nSPS) is 18.1. The molecule has 0 aromatic heterocycles. The highest BCUT2D eigenvalue weighted by atomic mass is 79.9. The van der Waals surface area contributed by atoms with E-state index in [0.29, 0.717) is 6.04 Å². The third-order valence-corrected chi connectivity index (χ3v) is 4.66. The molecular formula is C19H22BrNO. The fourth-order valence-corrected chi connectivity index (χ4v) is 3.31. The Bertz CT molecular complexity index is 594. The van der Waals surface area contributed by atoms with Crippen LogP contribution in [0.2, 0.25) is 0 Å². The number of halogens is 1. The zero-order valence-electron chi connectivity index (χ0n) is 12.7. The van der Waals surface area contributed by atoms with Gasteiger partial charge in [0.25, 0.3) is 0 Å². The molecule has 3 rings (SSSR count). The molecular weight excluding hydrogens is 338 g/mol. The summed E-state index contributed by atoms with van der Waals surface area (Å²) >= 11 is 3.56. The third kappa shape index (κ3) is 4.11. The van der Waals surface area contributed by atoms with Crippen molar-refractivity contribution < 1.29 is 4.74 Å². The minimum Gasteiger partial charge on any atom is -0.493 e. The highest BCUT2D eigenvalue weighted by Gasteiger charge is 2.13. The summed E-state index contributed by atoms with van der Waals surface area (Å²) in [5.74, 6) is 0.963. The first kappa shape index (κ1) is 15.6. The Labute approximate surface area is 141 Å². The number of hydrogen-bond acceptors (Lipinski definition) is 2. The molecule has 1 N–H and O–H groups in total. The molecule has 1 atom stereocenters. The van der Waals surface area contributed by atoms with Crippen molar-refractivity contribution >= 4 is 15.9 Å². The molecule has 3 heteroatoms. The minimum absolute atomic E-state index is 0.615. The Hall–Kier alpha value is -1.32. The molecule has 1 fully saturated rings. The summed E-state index contributed by atoms with van der Waals surface area (Å²) in [5, 5.41) is 3.57. The zero-order chi connectivity index (χ0) is 15.2. The van der Waals surface area contributed by atoms with Crippen LogP contribution in [-0.4, -0.2) is 19.2 Å². The number of rotatable bonds is 5. The molecule has 0 bridgehead atoms. The summed E-state index contributed by atoms with van der Waals surface area (Å²) in [7, 11) is 0. The fraction of sp³-hybridized carbons (Fsp3) is 0.368. The minimum atomic E-state index is 0.615. The van der Waals surface area contributed by atoms with E-state index in [9.17, 15) is 0 Å². The molecule has 1 saturated heterocycles. The van der Waals surface area contributed by atoms with Crippen LogP contribution in [0.15, 0.2) is 53.0 Å². The van der Waals surface area contributed by atoms with Crippen molar-refractivity contribution in [3.63, 3.8) is 0 Å². The lowest BCUT2D eigenvalue weighted by atomic mass is 10.0. The summed E-state index contributed by atoms with van der Waals surface area (Å²) < 4.78 is 7.16. The van der Waals surface area contributed by atoms with Crippen molar-refractivity contribution in [1.29, 1.82) is 0 Å². The second kappa shape index (κ2) is 7.80. The second-order valence-corrected chi connectivity index (χ2v) is 6.71. The van der Waals surface area contributed by atoms with E-state index in [1.807, 2.05) is 12.1 Å². The SMILES string of the molecule is Brc1ccc(OCC[C@@H]2CCCCN2)c(-c2ccccc2)c1. The molecule has 0 amide bonds. The monoisotopic (exact) mass is 359 g/mol. The van der Waals surface area contributed by atoms with Crippen LogP contribution in [0.1, 0.15) is 25.7 Å². The van der Waals surface area contributed by atoms with Crippen LogP contribution in [0.25, 0.3) is 11.1 Å². The smallest absolute Gasteiger partial charge is 0.127 e. The van der Waals surface area contributed by atoms with E-state index in [2.05, 4.69) is 57.6 Å². The van der Waals surface area contributed by atoms with Crippen LogP contribution in [0.3, 0.4) is 0 Å². The first-order valence-corrected chi connectivity index (χ1v) is 8.83. The van der Waals surface area contributed by atoms with Crippen molar-refractivity contribution in [2.45, 2.75) is 31.7 Å². The molecule has 0 radical (unpaired) electrons. The number of benzene rings is 2. The van der Waals surface area contributed by atoms with Gasteiger partial charge in [0.05, 0.1) is 6.61 Å². The van der Waals surface area contributed by atoms with Gasteiger partial charge in [0, 0.05) is 16.1 Å². The van der Waals surface area contributed by atoms with Crippen LogP contribution in [0.5, 0.6) is 5.75 Å². The first-order chi connectivity index (χ1) is 10.8. The molecule has 1 aliphatic heterocycles. The van der Waals surface area contributed by atoms with E-state index >= 15 is 0 Å². The second-order valence-electron chi connectivity index (χ2n) is 5.79. The highest BCUT2D eigenvalue weighted by molar-refractivity contribution is 9.10. The maximum Gasteiger partial charge on any atom is 0.127 e. The molecule has 116 valence electrons. The van der Waals surface area contributed by atoms with E-state index in [1.165, 1.54) is 24.8 Å². The van der Waals surface area contributed by atoms with Gasteiger partial charge in [-0.2, -0.15) is 0 Å². The molecule has 2 aromatic carbocycles. The van der Waals surface area contributed by atoms with E-state index in [0.717, 1.165) is 35.4 Å². The Morgan fingerprint density at radius 1 is 1.09 bits per heavy atom. The lowest BCUT2D eigenvalue weighted by Crippen LogP contribution is -2.35. The summed E-state index contributed by atoms with van der Waals surface area (Å²) in [5.41, 5.74) is 2.33. The van der Waals surface area contributed by atoms with Crippen molar-refractivity contribution in [1.82, 2.24) is 5.32 Å². The van der Waals surface area contributed by atoms with Gasteiger partial charge >= 0.3 is 0 Å². The largest absolute Gasteiger partial charge is 0.493 e. The van der Waals surface area contributed by atoms with Gasteiger partial charge < -0.3 is 10.1 Å². The van der Waals surface area contributed by atoms with Gasteiger partial charge in [-0.3, -0.25) is 0 Å². The van der Waals surface area contributed by atoms with E-state index in [-0.39, 0.29) is 0 Å². The van der Waals surface area contributed by atoms with Crippen molar-refractivity contribution in [3.8, 4) is 16.9 Å². The predicted molar refractivity (Wildman–Crippen MR) is 95.3 cm³/mol. The summed E-state index contributed by atoms with van der Waals surface area (Å²) in [6, 6.07) is 17.2. The molecule has 0 saturated carbocycles. The molecule has 0 spiro atoms. The zero-order valence-corrected chi connectivity index (χ0v) is 14.3. The quantitative estimate of drug-likeness (QED) is 0.808. The molecule has 0 aliphatic carbocycles. The average Bonchev–Trinajstić information content (AvgIpc) is 2.58. The molecule has 2 aromatic rings. The number of hydrogen-bond donors (Lipinski definition) is 1. The molecule has 1 aliphatic rings. The Kier molecular flexibility index (Phi) is 5.52. The third-order valence-electron chi connectivity index (χ3n) is 4.16. The molecule has 2 nitrogen and oxygen atoms in total. The Morgan fingerprint density at radius 2 is 1.95 bits per heavy atom. The van der Waals surface area contributed by atoms with Crippen molar-refractivity contribution in [2.24, 2.45) is 0 Å². The van der Waals surface area contributed by atoms with E-state index < -0.39 is 0 Å². The Morgan fingerprint density at radius 3 is 2.73 bits per heavy atom. The summed E-state index contributed by atoms with van der Waals surface area (Å²) in [4.78, 5) is 0. The highest BCUT2D eigenvalue weighted by Crippen LogP contribution is 2.32. The number of nitrogens with one attached hydrogen (secondary N) is 1. The number of piperidine rings is 1. The van der Waals surface area contributed by atoms with Gasteiger partial charge in [-0.1, -0.05) is 52.7 Å². The summed E-state index contributed by atoms with van der Waals surface area (Å²) in [6.07, 6.45) is 4.99. The summed E-state index contributed by atoms with van der Waals surface area (Å²) in [6.45, 7) is 1.91. The van der Waals surface area contributed by atoms with Crippen molar-refractivity contribution in [2.75, 3.05) is 13.2 Å². The predicted octanol–water partition coefficient (Wildman–Crippen LogP) is 5.03. The van der Waals surface area contributed by atoms with Crippen LogP contribution >= 0.6 is 15.9 Å². The lowest BCUT2D eigenvalue weighted by Gasteiger charge is -2.23. The maximum atomic E-state index is 6.09. The van der Waals surface area contributed by atoms with Gasteiger partial charge in [-0.05, 0) is 49.6 Å². The van der Waals surface area contributed by atoms with E-state index in [1.54, 1.807) is 0 Å². The van der Waals surface area contributed by atoms with E-state index in [4.69, 9.17) is 4.74 Å². The molecule has 1 heterocycles. The Balaban J connectivity index is 1.68. The van der Waals surface area contributed by atoms with Crippen LogP contribution in [0, 0.1) is 0 Å². The van der Waals surface area contributed by atoms with Gasteiger partial charge in [0.2, 0.25) is 0 Å². The fourth-order valence-electron chi connectivity index (χ4n) is 2.95. The lowest BCUT2D eigenvalue weighted by molar-refractivity contribution is 0.269.